The van der Waals surface area contributed by atoms with Gasteiger partial charge in [0.1, 0.15) is 5.52 Å². The van der Waals surface area contributed by atoms with Crippen LogP contribution >= 0.6 is 0 Å². The molecule has 1 aromatic heterocycles. The van der Waals surface area contributed by atoms with Crippen LogP contribution in [0.15, 0.2) is 65.1 Å². The number of fused-ring (bicyclic) bond motifs is 2. The second-order valence-electron chi connectivity index (χ2n) is 5.63. The Kier molecular flexibility index (Phi) is 3.50. The van der Waals surface area contributed by atoms with E-state index in [1.54, 1.807) is 0 Å². The van der Waals surface area contributed by atoms with Crippen LogP contribution in [0.5, 0.6) is 0 Å². The lowest BCUT2D eigenvalue weighted by Crippen LogP contribution is -2.08. The van der Waals surface area contributed by atoms with E-state index < -0.39 is 0 Å². The van der Waals surface area contributed by atoms with Crippen molar-refractivity contribution in [2.45, 2.75) is 13.3 Å². The van der Waals surface area contributed by atoms with Crippen LogP contribution in [0.4, 0.5) is 5.69 Å². The van der Waals surface area contributed by atoms with Crippen LogP contribution in [-0.2, 0) is 4.79 Å². The lowest BCUT2D eigenvalue weighted by Gasteiger charge is -2.01. The Labute approximate surface area is 139 Å². The molecule has 0 radical (unpaired) electrons. The van der Waals surface area contributed by atoms with Crippen LogP contribution < -0.4 is 5.32 Å². The number of oxazole rings is 1. The van der Waals surface area contributed by atoms with E-state index in [0.29, 0.717) is 17.9 Å². The van der Waals surface area contributed by atoms with Gasteiger partial charge in [-0.1, -0.05) is 43.3 Å². The predicted molar refractivity (Wildman–Crippen MR) is 95.9 cm³/mol. The third-order valence-electron chi connectivity index (χ3n) is 4.01. The fraction of sp³-hybridized carbons (Fsp3) is 0.100. The Morgan fingerprint density at radius 2 is 1.92 bits per heavy atom. The Morgan fingerprint density at radius 3 is 2.79 bits per heavy atom. The first-order valence-corrected chi connectivity index (χ1v) is 7.93. The van der Waals surface area contributed by atoms with Gasteiger partial charge >= 0.3 is 0 Å². The fourth-order valence-corrected chi connectivity index (χ4v) is 2.78. The number of nitrogens with zero attached hydrogens (tertiary/aromatic N) is 1. The Hall–Kier alpha value is -3.14. The summed E-state index contributed by atoms with van der Waals surface area (Å²) in [5.74, 6) is 0.563. The summed E-state index contributed by atoms with van der Waals surface area (Å²) in [5.41, 5.74) is 3.12. The lowest BCUT2D eigenvalue weighted by molar-refractivity contribution is -0.115. The van der Waals surface area contributed by atoms with Gasteiger partial charge in [0.2, 0.25) is 11.8 Å². The molecule has 0 aliphatic heterocycles. The van der Waals surface area contributed by atoms with Gasteiger partial charge < -0.3 is 9.73 Å². The van der Waals surface area contributed by atoms with Crippen molar-refractivity contribution in [3.05, 3.63) is 60.7 Å². The smallest absolute Gasteiger partial charge is 0.227 e. The molecule has 0 saturated carbocycles. The molecule has 4 aromatic rings. The van der Waals surface area contributed by atoms with Gasteiger partial charge in [-0.15, -0.1) is 0 Å². The number of aromatic nitrogens is 1. The van der Waals surface area contributed by atoms with E-state index in [1.165, 1.54) is 0 Å². The van der Waals surface area contributed by atoms with Gasteiger partial charge in [0.15, 0.2) is 5.58 Å². The molecule has 0 spiro atoms. The van der Waals surface area contributed by atoms with Gasteiger partial charge in [0, 0.05) is 17.7 Å². The Morgan fingerprint density at radius 1 is 1.08 bits per heavy atom. The molecule has 1 amide bonds. The summed E-state index contributed by atoms with van der Waals surface area (Å²) >= 11 is 0. The summed E-state index contributed by atoms with van der Waals surface area (Å²) in [7, 11) is 0. The summed E-state index contributed by atoms with van der Waals surface area (Å²) in [6.07, 6.45) is 0.443. The number of hydrogen-bond donors (Lipinski definition) is 1. The van der Waals surface area contributed by atoms with Crippen LogP contribution in [-0.4, -0.2) is 10.9 Å². The number of anilines is 1. The SMILES string of the molecule is CCC(=O)Nc1ccc2oc(-c3cccc4ccccc34)nc2c1. The topological polar surface area (TPSA) is 55.1 Å². The molecular formula is C20H16N2O2. The number of nitrogens with one attached hydrogen (secondary N) is 1. The summed E-state index contributed by atoms with van der Waals surface area (Å²) in [5, 5.41) is 5.09. The van der Waals surface area contributed by atoms with Crippen molar-refractivity contribution in [2.24, 2.45) is 0 Å². The average molecular weight is 316 g/mol. The van der Waals surface area contributed by atoms with Gasteiger partial charge in [0.05, 0.1) is 0 Å². The highest BCUT2D eigenvalue weighted by molar-refractivity contribution is 5.96. The molecule has 1 N–H and O–H groups in total. The maximum absolute atomic E-state index is 11.5. The molecule has 0 aliphatic carbocycles. The molecule has 4 rings (SSSR count). The summed E-state index contributed by atoms with van der Waals surface area (Å²) < 4.78 is 5.92. The van der Waals surface area contributed by atoms with Crippen molar-refractivity contribution in [1.82, 2.24) is 4.98 Å². The monoisotopic (exact) mass is 316 g/mol. The predicted octanol–water partition coefficient (Wildman–Crippen LogP) is 5.00. The quantitative estimate of drug-likeness (QED) is 0.579. The standard InChI is InChI=1S/C20H16N2O2/c1-2-19(23)21-14-10-11-18-17(12-14)22-20(24-18)16-9-5-7-13-6-3-4-8-15(13)16/h3-12H,2H2,1H3,(H,21,23). The van der Waals surface area contributed by atoms with Gasteiger partial charge in [-0.05, 0) is 35.0 Å². The molecule has 0 saturated heterocycles. The van der Waals surface area contributed by atoms with Gasteiger partial charge in [-0.25, -0.2) is 4.98 Å². The molecule has 0 fully saturated rings. The van der Waals surface area contributed by atoms with Crippen LogP contribution in [0.3, 0.4) is 0 Å². The zero-order valence-electron chi connectivity index (χ0n) is 13.2. The van der Waals surface area contributed by atoms with E-state index in [-0.39, 0.29) is 5.91 Å². The van der Waals surface area contributed by atoms with Crippen molar-refractivity contribution in [2.75, 3.05) is 5.32 Å². The minimum absolute atomic E-state index is 0.0212. The van der Waals surface area contributed by atoms with E-state index in [2.05, 4.69) is 28.5 Å². The number of carbonyl (C=O) groups excluding carboxylic acids is 1. The van der Waals surface area contributed by atoms with Gasteiger partial charge in [-0.2, -0.15) is 0 Å². The summed E-state index contributed by atoms with van der Waals surface area (Å²) in [6.45, 7) is 1.82. The van der Waals surface area contributed by atoms with Crippen LogP contribution in [0.25, 0.3) is 33.3 Å². The fourth-order valence-electron chi connectivity index (χ4n) is 2.78. The molecule has 118 valence electrons. The minimum atomic E-state index is -0.0212. The number of hydrogen-bond acceptors (Lipinski definition) is 3. The van der Waals surface area contributed by atoms with E-state index in [0.717, 1.165) is 27.5 Å². The lowest BCUT2D eigenvalue weighted by atomic mass is 10.0. The van der Waals surface area contributed by atoms with Crippen LogP contribution in [0.2, 0.25) is 0 Å². The van der Waals surface area contributed by atoms with E-state index in [9.17, 15) is 4.79 Å². The van der Waals surface area contributed by atoms with Crippen molar-refractivity contribution in [1.29, 1.82) is 0 Å². The molecule has 4 heteroatoms. The highest BCUT2D eigenvalue weighted by Gasteiger charge is 2.12. The first-order chi connectivity index (χ1) is 11.7. The first-order valence-electron chi connectivity index (χ1n) is 7.93. The van der Waals surface area contributed by atoms with Crippen molar-refractivity contribution in [3.63, 3.8) is 0 Å². The summed E-state index contributed by atoms with van der Waals surface area (Å²) in [6, 6.07) is 19.7. The van der Waals surface area contributed by atoms with E-state index >= 15 is 0 Å². The zero-order chi connectivity index (χ0) is 16.5. The number of carbonyl (C=O) groups is 1. The molecule has 0 aliphatic rings. The molecule has 3 aromatic carbocycles. The van der Waals surface area contributed by atoms with Gasteiger partial charge in [0.25, 0.3) is 0 Å². The van der Waals surface area contributed by atoms with Crippen molar-refractivity contribution in [3.8, 4) is 11.5 Å². The zero-order valence-corrected chi connectivity index (χ0v) is 13.2. The molecule has 0 bridgehead atoms. The first kappa shape index (κ1) is 14.5. The molecule has 0 unspecified atom stereocenters. The highest BCUT2D eigenvalue weighted by atomic mass is 16.3. The summed E-state index contributed by atoms with van der Waals surface area (Å²) in [4.78, 5) is 16.1. The second-order valence-corrected chi connectivity index (χ2v) is 5.63. The normalized spacial score (nSPS) is 11.0. The molecular weight excluding hydrogens is 300 g/mol. The second kappa shape index (κ2) is 5.81. The molecule has 24 heavy (non-hydrogen) atoms. The van der Waals surface area contributed by atoms with Crippen molar-refractivity contribution < 1.29 is 9.21 Å². The molecule has 4 nitrogen and oxygen atoms in total. The Balaban J connectivity index is 1.81. The average Bonchev–Trinajstić information content (AvgIpc) is 3.04. The van der Waals surface area contributed by atoms with E-state index in [4.69, 9.17) is 4.42 Å². The maximum atomic E-state index is 11.5. The number of amides is 1. The van der Waals surface area contributed by atoms with Crippen LogP contribution in [0, 0.1) is 0 Å². The third kappa shape index (κ3) is 2.52. The number of benzene rings is 3. The third-order valence-corrected chi connectivity index (χ3v) is 4.01. The Bertz CT molecular complexity index is 1040. The van der Waals surface area contributed by atoms with E-state index in [1.807, 2.05) is 49.4 Å². The maximum Gasteiger partial charge on any atom is 0.227 e. The van der Waals surface area contributed by atoms with Gasteiger partial charge in [-0.3, -0.25) is 4.79 Å². The largest absolute Gasteiger partial charge is 0.436 e. The van der Waals surface area contributed by atoms with Crippen molar-refractivity contribution >= 4 is 33.5 Å². The highest BCUT2D eigenvalue weighted by Crippen LogP contribution is 2.31. The number of rotatable bonds is 3. The van der Waals surface area contributed by atoms with Crippen LogP contribution in [0.1, 0.15) is 13.3 Å². The molecule has 1 heterocycles. The molecule has 0 atom stereocenters. The minimum Gasteiger partial charge on any atom is -0.436 e.